The molecule has 92 valence electrons. The van der Waals surface area contributed by atoms with Crippen molar-refractivity contribution in [3.05, 3.63) is 29.9 Å². The van der Waals surface area contributed by atoms with Gasteiger partial charge in [-0.3, -0.25) is 4.68 Å². The number of rotatable bonds is 4. The van der Waals surface area contributed by atoms with E-state index in [4.69, 9.17) is 5.73 Å². The van der Waals surface area contributed by atoms with Crippen molar-refractivity contribution in [2.24, 2.45) is 12.8 Å². The van der Waals surface area contributed by atoms with E-state index in [0.717, 1.165) is 17.3 Å². The molecule has 0 aliphatic carbocycles. The lowest BCUT2D eigenvalue weighted by Gasteiger charge is -2.08. The van der Waals surface area contributed by atoms with Crippen molar-refractivity contribution < 1.29 is 0 Å². The molecule has 2 aromatic rings. The quantitative estimate of drug-likeness (QED) is 0.823. The summed E-state index contributed by atoms with van der Waals surface area (Å²) in [5.41, 5.74) is 7.14. The molecule has 0 aliphatic rings. The van der Waals surface area contributed by atoms with E-state index in [1.165, 1.54) is 0 Å². The van der Waals surface area contributed by atoms with Gasteiger partial charge in [-0.25, -0.2) is 9.97 Å². The van der Waals surface area contributed by atoms with Crippen LogP contribution in [0.25, 0.3) is 0 Å². The molecule has 0 saturated carbocycles. The van der Waals surface area contributed by atoms with Gasteiger partial charge in [-0.1, -0.05) is 13.8 Å². The summed E-state index contributed by atoms with van der Waals surface area (Å²) in [6.07, 6.45) is 4.11. The molecular formula is C11H18N6. The number of aromatic nitrogens is 5. The van der Waals surface area contributed by atoms with Gasteiger partial charge in [0.25, 0.3) is 0 Å². The summed E-state index contributed by atoms with van der Waals surface area (Å²) >= 11 is 0. The zero-order valence-corrected chi connectivity index (χ0v) is 10.4. The fraction of sp³-hybridized carbons (Fsp3) is 0.545. The average molecular weight is 234 g/mol. The first-order valence-electron chi connectivity index (χ1n) is 5.71. The average Bonchev–Trinajstić information content (AvgIpc) is 2.86. The summed E-state index contributed by atoms with van der Waals surface area (Å²) in [7, 11) is 1.88. The second-order valence-electron chi connectivity index (χ2n) is 4.49. The molecule has 0 fully saturated rings. The lowest BCUT2D eigenvalue weighted by atomic mass is 10.1. The van der Waals surface area contributed by atoms with Crippen molar-refractivity contribution in [3.63, 3.8) is 0 Å². The van der Waals surface area contributed by atoms with E-state index in [2.05, 4.69) is 33.9 Å². The SMILES string of the molecule is CC(C)c1nc(C(N)Cc2cnc[nH]2)n(C)n1. The molecule has 17 heavy (non-hydrogen) atoms. The monoisotopic (exact) mass is 234 g/mol. The van der Waals surface area contributed by atoms with Crippen LogP contribution in [0.2, 0.25) is 0 Å². The molecule has 1 atom stereocenters. The second kappa shape index (κ2) is 4.67. The Kier molecular flexibility index (Phi) is 3.23. The summed E-state index contributed by atoms with van der Waals surface area (Å²) in [4.78, 5) is 11.5. The molecule has 0 bridgehead atoms. The third kappa shape index (κ3) is 2.52. The number of nitrogens with one attached hydrogen (secondary N) is 1. The fourth-order valence-corrected chi connectivity index (χ4v) is 1.71. The number of hydrogen-bond donors (Lipinski definition) is 2. The van der Waals surface area contributed by atoms with Crippen LogP contribution < -0.4 is 5.73 Å². The van der Waals surface area contributed by atoms with Gasteiger partial charge in [-0.05, 0) is 0 Å². The minimum atomic E-state index is -0.166. The molecule has 0 aromatic carbocycles. The Balaban J connectivity index is 2.16. The maximum atomic E-state index is 6.13. The number of imidazole rings is 1. The maximum absolute atomic E-state index is 6.13. The van der Waals surface area contributed by atoms with E-state index < -0.39 is 0 Å². The van der Waals surface area contributed by atoms with Gasteiger partial charge in [0, 0.05) is 31.3 Å². The lowest BCUT2D eigenvalue weighted by molar-refractivity contribution is 0.595. The fourth-order valence-electron chi connectivity index (χ4n) is 1.71. The zero-order chi connectivity index (χ0) is 12.4. The first-order valence-corrected chi connectivity index (χ1v) is 5.71. The molecule has 0 aliphatic heterocycles. The molecule has 1 unspecified atom stereocenters. The normalized spacial score (nSPS) is 13.2. The number of aryl methyl sites for hydroxylation is 1. The van der Waals surface area contributed by atoms with Crippen molar-refractivity contribution >= 4 is 0 Å². The molecule has 6 heteroatoms. The summed E-state index contributed by atoms with van der Waals surface area (Å²) in [6.45, 7) is 4.14. The minimum Gasteiger partial charge on any atom is -0.348 e. The molecule has 0 amide bonds. The van der Waals surface area contributed by atoms with Gasteiger partial charge in [0.1, 0.15) is 5.82 Å². The van der Waals surface area contributed by atoms with Gasteiger partial charge < -0.3 is 10.7 Å². The van der Waals surface area contributed by atoms with Crippen LogP contribution in [-0.2, 0) is 13.5 Å². The highest BCUT2D eigenvalue weighted by atomic mass is 15.3. The molecule has 0 spiro atoms. The maximum Gasteiger partial charge on any atom is 0.153 e. The largest absolute Gasteiger partial charge is 0.348 e. The molecule has 0 saturated heterocycles. The van der Waals surface area contributed by atoms with Crippen LogP contribution in [0, 0.1) is 0 Å². The Morgan fingerprint density at radius 3 is 2.76 bits per heavy atom. The van der Waals surface area contributed by atoms with E-state index in [1.54, 1.807) is 17.2 Å². The van der Waals surface area contributed by atoms with Crippen LogP contribution in [0.5, 0.6) is 0 Å². The third-order valence-electron chi connectivity index (χ3n) is 2.66. The van der Waals surface area contributed by atoms with Crippen LogP contribution in [0.3, 0.4) is 0 Å². The highest BCUT2D eigenvalue weighted by Crippen LogP contribution is 2.15. The second-order valence-corrected chi connectivity index (χ2v) is 4.49. The van der Waals surface area contributed by atoms with Crippen LogP contribution in [0.1, 0.15) is 43.1 Å². The summed E-state index contributed by atoms with van der Waals surface area (Å²) in [6, 6.07) is -0.166. The van der Waals surface area contributed by atoms with Crippen LogP contribution in [0.15, 0.2) is 12.5 Å². The smallest absolute Gasteiger partial charge is 0.153 e. The molecule has 0 radical (unpaired) electrons. The Hall–Kier alpha value is -1.69. The minimum absolute atomic E-state index is 0.166. The Morgan fingerprint density at radius 2 is 2.24 bits per heavy atom. The predicted octanol–water partition coefficient (Wildman–Crippen LogP) is 0.904. The lowest BCUT2D eigenvalue weighted by Crippen LogP contribution is -2.18. The number of H-pyrrole nitrogens is 1. The van der Waals surface area contributed by atoms with E-state index in [9.17, 15) is 0 Å². The van der Waals surface area contributed by atoms with Gasteiger partial charge in [-0.15, -0.1) is 0 Å². The van der Waals surface area contributed by atoms with Crippen molar-refractivity contribution in [3.8, 4) is 0 Å². The van der Waals surface area contributed by atoms with Crippen LogP contribution in [-0.4, -0.2) is 24.7 Å². The van der Waals surface area contributed by atoms with Crippen molar-refractivity contribution in [1.82, 2.24) is 24.7 Å². The van der Waals surface area contributed by atoms with E-state index in [-0.39, 0.29) is 6.04 Å². The Labute approximate surface area is 100 Å². The molecule has 2 heterocycles. The number of aromatic amines is 1. The van der Waals surface area contributed by atoms with E-state index in [1.807, 2.05) is 7.05 Å². The van der Waals surface area contributed by atoms with Gasteiger partial charge in [0.2, 0.25) is 0 Å². The van der Waals surface area contributed by atoms with Crippen LogP contribution >= 0.6 is 0 Å². The summed E-state index contributed by atoms with van der Waals surface area (Å²) < 4.78 is 1.76. The molecule has 6 nitrogen and oxygen atoms in total. The number of nitrogens with zero attached hydrogens (tertiary/aromatic N) is 4. The third-order valence-corrected chi connectivity index (χ3v) is 2.66. The molecule has 3 N–H and O–H groups in total. The Morgan fingerprint density at radius 1 is 1.47 bits per heavy atom. The molecule has 2 aromatic heterocycles. The molecular weight excluding hydrogens is 216 g/mol. The van der Waals surface area contributed by atoms with Crippen molar-refractivity contribution in [1.29, 1.82) is 0 Å². The topological polar surface area (TPSA) is 85.4 Å². The van der Waals surface area contributed by atoms with Gasteiger partial charge in [0.05, 0.1) is 12.4 Å². The van der Waals surface area contributed by atoms with Crippen molar-refractivity contribution in [2.75, 3.05) is 0 Å². The van der Waals surface area contributed by atoms with Gasteiger partial charge in [0.15, 0.2) is 5.82 Å². The van der Waals surface area contributed by atoms with Crippen molar-refractivity contribution in [2.45, 2.75) is 32.2 Å². The molecule has 2 rings (SSSR count). The number of nitrogens with two attached hydrogens (primary N) is 1. The van der Waals surface area contributed by atoms with Gasteiger partial charge >= 0.3 is 0 Å². The zero-order valence-electron chi connectivity index (χ0n) is 10.4. The Bertz CT molecular complexity index is 470. The van der Waals surface area contributed by atoms with Gasteiger partial charge in [-0.2, -0.15) is 5.10 Å². The van der Waals surface area contributed by atoms with E-state index >= 15 is 0 Å². The summed E-state index contributed by atoms with van der Waals surface area (Å²) in [5.74, 6) is 1.96. The predicted molar refractivity (Wildman–Crippen MR) is 64.3 cm³/mol. The summed E-state index contributed by atoms with van der Waals surface area (Å²) in [5, 5.41) is 4.36. The van der Waals surface area contributed by atoms with Crippen LogP contribution in [0.4, 0.5) is 0 Å². The first kappa shape index (κ1) is 11.8. The van der Waals surface area contributed by atoms with E-state index in [0.29, 0.717) is 12.3 Å². The standard InChI is InChI=1S/C11H18N6/c1-7(2)10-15-11(17(3)16-10)9(12)4-8-5-13-6-14-8/h5-7,9H,4,12H2,1-3H3,(H,13,14). The highest BCUT2D eigenvalue weighted by Gasteiger charge is 2.17. The number of hydrogen-bond acceptors (Lipinski definition) is 4. The highest BCUT2D eigenvalue weighted by molar-refractivity contribution is 5.06. The first-order chi connectivity index (χ1) is 8.08.